The molecule has 5 unspecified atom stereocenters. The number of nitrogens with one attached hydrogen (secondary N) is 3. The third-order valence-electron chi connectivity index (χ3n) is 12.6. The van der Waals surface area contributed by atoms with Crippen molar-refractivity contribution in [2.45, 2.75) is 81.3 Å². The second-order valence-corrected chi connectivity index (χ2v) is 20.4. The van der Waals surface area contributed by atoms with Gasteiger partial charge in [0.25, 0.3) is 5.91 Å². The quantitative estimate of drug-likeness (QED) is 0.0937. The van der Waals surface area contributed by atoms with Crippen molar-refractivity contribution in [1.29, 1.82) is 0 Å². The van der Waals surface area contributed by atoms with Crippen LogP contribution in [0.1, 0.15) is 52.0 Å². The summed E-state index contributed by atoms with van der Waals surface area (Å²) in [6.45, 7) is 8.93. The van der Waals surface area contributed by atoms with Gasteiger partial charge in [-0.2, -0.15) is 0 Å². The highest BCUT2D eigenvalue weighted by Gasteiger charge is 2.63. The molecule has 66 heavy (non-hydrogen) atoms. The Morgan fingerprint density at radius 1 is 0.939 bits per heavy atom. The minimum absolute atomic E-state index is 0.0393. The molecule has 3 aliphatic rings. The SMILES string of the molecule is C=CC1CC1(NC(=O)C1CC(Oc2cc(-c3ccccc3)nc3cc(OC)ccc23)CN1C(=O)C(NC(=O)Oc1ccc(F)cc1)C(C)(C)C)C(=O)NS(=O)(=O)C1(Cc2ccccc2)CC1. The van der Waals surface area contributed by atoms with E-state index >= 15 is 0 Å². The highest BCUT2D eigenvalue weighted by Crippen LogP contribution is 2.49. The van der Waals surface area contributed by atoms with Gasteiger partial charge in [-0.1, -0.05) is 87.5 Å². The maximum Gasteiger partial charge on any atom is 0.413 e. The predicted octanol–water partition coefficient (Wildman–Crippen LogP) is 6.88. The van der Waals surface area contributed by atoms with Crippen LogP contribution < -0.4 is 29.6 Å². The lowest BCUT2D eigenvalue weighted by Crippen LogP contribution is -2.60. The minimum Gasteiger partial charge on any atom is -0.497 e. The molecule has 5 atom stereocenters. The molecule has 14 nitrogen and oxygen atoms in total. The summed E-state index contributed by atoms with van der Waals surface area (Å²) in [4.78, 5) is 63.4. The van der Waals surface area contributed by atoms with Gasteiger partial charge in [-0.3, -0.25) is 19.1 Å². The second-order valence-electron chi connectivity index (χ2n) is 18.3. The summed E-state index contributed by atoms with van der Waals surface area (Å²) in [5, 5.41) is 6.15. The highest BCUT2D eigenvalue weighted by molar-refractivity contribution is 7.91. The summed E-state index contributed by atoms with van der Waals surface area (Å²) in [6.07, 6.45) is 0.670. The highest BCUT2D eigenvalue weighted by atomic mass is 32.2. The number of rotatable bonds is 15. The van der Waals surface area contributed by atoms with Crippen molar-refractivity contribution in [3.8, 4) is 28.5 Å². The van der Waals surface area contributed by atoms with E-state index in [9.17, 15) is 32.0 Å². The number of pyridine rings is 1. The first kappa shape index (κ1) is 45.7. The Kier molecular flexibility index (Phi) is 12.4. The molecule has 2 heterocycles. The zero-order valence-corrected chi connectivity index (χ0v) is 37.9. The van der Waals surface area contributed by atoms with Gasteiger partial charge >= 0.3 is 6.09 Å². The fourth-order valence-corrected chi connectivity index (χ4v) is 10.2. The van der Waals surface area contributed by atoms with Gasteiger partial charge in [0.15, 0.2) is 0 Å². The number of methoxy groups -OCH3 is 1. The number of amides is 4. The van der Waals surface area contributed by atoms with Crippen LogP contribution in [-0.2, 0) is 30.8 Å². The van der Waals surface area contributed by atoms with Gasteiger partial charge in [0.05, 0.1) is 29.6 Å². The Morgan fingerprint density at radius 2 is 1.61 bits per heavy atom. The fourth-order valence-electron chi connectivity index (χ4n) is 8.59. The molecule has 1 saturated heterocycles. The van der Waals surface area contributed by atoms with Gasteiger partial charge in [-0.15, -0.1) is 6.58 Å². The van der Waals surface area contributed by atoms with Crippen LogP contribution in [-0.4, -0.2) is 84.2 Å². The van der Waals surface area contributed by atoms with Crippen molar-refractivity contribution in [3.05, 3.63) is 133 Å². The molecule has 344 valence electrons. The average Bonchev–Trinajstić information content (AvgIpc) is 4.20. The Bertz CT molecular complexity index is 2780. The van der Waals surface area contributed by atoms with Gasteiger partial charge in [-0.25, -0.2) is 22.6 Å². The van der Waals surface area contributed by atoms with E-state index in [-0.39, 0.29) is 31.6 Å². The predicted molar refractivity (Wildman–Crippen MR) is 245 cm³/mol. The number of ether oxygens (including phenoxy) is 3. The molecule has 1 aliphatic heterocycles. The molecule has 5 aromatic rings. The van der Waals surface area contributed by atoms with Crippen molar-refractivity contribution in [2.75, 3.05) is 13.7 Å². The van der Waals surface area contributed by atoms with Gasteiger partial charge in [0, 0.05) is 35.4 Å². The number of aromatic nitrogens is 1. The first-order valence-electron chi connectivity index (χ1n) is 21.7. The number of carbonyl (C=O) groups is 4. The molecule has 1 aromatic heterocycles. The smallest absolute Gasteiger partial charge is 0.413 e. The number of likely N-dealkylation sites (tertiary alicyclic amines) is 1. The van der Waals surface area contributed by atoms with E-state index in [1.807, 2.05) is 66.7 Å². The number of fused-ring (bicyclic) bond motifs is 1. The molecule has 8 rings (SSSR count). The summed E-state index contributed by atoms with van der Waals surface area (Å²) in [5.41, 5.74) is 0.199. The van der Waals surface area contributed by atoms with Crippen LogP contribution in [0.4, 0.5) is 9.18 Å². The summed E-state index contributed by atoms with van der Waals surface area (Å²) in [7, 11) is -2.65. The summed E-state index contributed by atoms with van der Waals surface area (Å²) in [6, 6.07) is 28.1. The van der Waals surface area contributed by atoms with E-state index in [1.165, 1.54) is 23.1 Å². The van der Waals surface area contributed by atoms with Crippen LogP contribution in [0.15, 0.2) is 122 Å². The minimum atomic E-state index is -4.21. The van der Waals surface area contributed by atoms with E-state index in [0.717, 1.165) is 23.3 Å². The number of nitrogens with zero attached hydrogens (tertiary/aromatic N) is 2. The molecule has 2 aliphatic carbocycles. The van der Waals surface area contributed by atoms with Gasteiger partial charge < -0.3 is 29.7 Å². The third-order valence-corrected chi connectivity index (χ3v) is 14.8. The molecular weight excluding hydrogens is 866 g/mol. The molecule has 0 spiro atoms. The summed E-state index contributed by atoms with van der Waals surface area (Å²) < 4.78 is 60.2. The van der Waals surface area contributed by atoms with Crippen molar-refractivity contribution < 1.29 is 46.2 Å². The molecular formula is C50H52FN5O9S. The Hall–Kier alpha value is -6.81. The Labute approximate surface area is 383 Å². The summed E-state index contributed by atoms with van der Waals surface area (Å²) in [5.74, 6) is -2.37. The number of sulfonamides is 1. The Morgan fingerprint density at radius 3 is 2.23 bits per heavy atom. The first-order chi connectivity index (χ1) is 31.4. The van der Waals surface area contributed by atoms with E-state index in [2.05, 4.69) is 21.9 Å². The third kappa shape index (κ3) is 9.46. The van der Waals surface area contributed by atoms with Gasteiger partial charge in [0.2, 0.25) is 21.8 Å². The lowest BCUT2D eigenvalue weighted by molar-refractivity contribution is -0.142. The Balaban J connectivity index is 1.10. The van der Waals surface area contributed by atoms with E-state index in [0.29, 0.717) is 40.9 Å². The maximum absolute atomic E-state index is 14.9. The first-order valence-corrected chi connectivity index (χ1v) is 23.2. The molecule has 2 saturated carbocycles. The number of hydrogen-bond donors (Lipinski definition) is 3. The summed E-state index contributed by atoms with van der Waals surface area (Å²) >= 11 is 0. The number of halogens is 1. The van der Waals surface area contributed by atoms with E-state index in [4.69, 9.17) is 19.2 Å². The van der Waals surface area contributed by atoms with E-state index in [1.54, 1.807) is 46.1 Å². The van der Waals surface area contributed by atoms with Crippen LogP contribution in [0.3, 0.4) is 0 Å². The van der Waals surface area contributed by atoms with Crippen LogP contribution in [0, 0.1) is 17.2 Å². The number of carbonyl (C=O) groups excluding carboxylic acids is 4. The van der Waals surface area contributed by atoms with Crippen molar-refractivity contribution in [3.63, 3.8) is 0 Å². The van der Waals surface area contributed by atoms with Crippen LogP contribution >= 0.6 is 0 Å². The molecule has 0 bridgehead atoms. The maximum atomic E-state index is 14.9. The molecule has 3 fully saturated rings. The lowest BCUT2D eigenvalue weighted by atomic mass is 9.85. The topological polar surface area (TPSA) is 182 Å². The zero-order valence-electron chi connectivity index (χ0n) is 37.1. The largest absolute Gasteiger partial charge is 0.497 e. The monoisotopic (exact) mass is 917 g/mol. The van der Waals surface area contributed by atoms with Crippen molar-refractivity contribution >= 4 is 44.7 Å². The standard InChI is InChI=1S/C50H52FN5O9S/c1-6-33-29-50(33,46(59)55-66(61,62)49(23-24-49)28-31-13-9-7-10-14-31)54-44(57)41-26-37(30-56(41)45(58)43(48(2,3)4)53-47(60)65-35-19-17-34(51)18-20-35)64-42-27-39(32-15-11-8-12-16-32)52-40-25-36(63-5)21-22-38(40)42/h6-22,25,27,33,37,41,43H,1,23-24,26,28-30H2,2-5H3,(H,53,60)(H,54,57)(H,55,59). The van der Waals surface area contributed by atoms with Crippen LogP contribution in [0.5, 0.6) is 17.2 Å². The lowest BCUT2D eigenvalue weighted by Gasteiger charge is -2.35. The van der Waals surface area contributed by atoms with Crippen molar-refractivity contribution in [2.24, 2.45) is 11.3 Å². The normalized spacial score (nSPS) is 21.2. The average molecular weight is 918 g/mol. The molecule has 4 amide bonds. The van der Waals surface area contributed by atoms with Gasteiger partial charge in [-0.05, 0) is 73.1 Å². The fraction of sp³-hybridized carbons (Fsp3) is 0.340. The van der Waals surface area contributed by atoms with Crippen LogP contribution in [0.25, 0.3) is 22.2 Å². The molecule has 4 aromatic carbocycles. The van der Waals surface area contributed by atoms with Crippen molar-refractivity contribution in [1.82, 2.24) is 25.2 Å². The molecule has 3 N–H and O–H groups in total. The van der Waals surface area contributed by atoms with Gasteiger partial charge in [0.1, 0.15) is 46.8 Å². The number of benzene rings is 4. The second kappa shape index (κ2) is 17.9. The molecule has 16 heteroatoms. The van der Waals surface area contributed by atoms with E-state index < -0.39 is 79.5 Å². The zero-order chi connectivity index (χ0) is 47.0. The van der Waals surface area contributed by atoms with Crippen LogP contribution in [0.2, 0.25) is 0 Å². The number of hydrogen-bond acceptors (Lipinski definition) is 10. The molecule has 0 radical (unpaired) electrons.